The zero-order chi connectivity index (χ0) is 15.2. The molecule has 0 unspecified atom stereocenters. The van der Waals surface area contributed by atoms with Crippen molar-refractivity contribution < 1.29 is 9.90 Å². The minimum Gasteiger partial charge on any atom is -0.397 e. The van der Waals surface area contributed by atoms with E-state index in [1.54, 1.807) is 12.1 Å². The number of hydrogen-bond acceptors (Lipinski definition) is 3. The second-order valence-electron chi connectivity index (χ2n) is 4.99. The maximum absolute atomic E-state index is 12.5. The van der Waals surface area contributed by atoms with Crippen molar-refractivity contribution in [3.8, 4) is 0 Å². The third kappa shape index (κ3) is 3.83. The smallest absolute Gasteiger partial charge is 0.231 e. The molecule has 2 aromatic carbocycles. The average molecular weight is 284 g/mol. The molecular formula is C17H20N2O2. The molecule has 0 aliphatic rings. The van der Waals surface area contributed by atoms with Gasteiger partial charge in [-0.15, -0.1) is 0 Å². The zero-order valence-electron chi connectivity index (χ0n) is 12.1. The van der Waals surface area contributed by atoms with Gasteiger partial charge in [0.05, 0.1) is 24.4 Å². The molecule has 0 spiro atoms. The number of hydrogen-bond donors (Lipinski definition) is 2. The molecule has 0 saturated carbocycles. The first kappa shape index (κ1) is 15.1. The molecule has 0 heterocycles. The van der Waals surface area contributed by atoms with Crippen molar-refractivity contribution in [3.63, 3.8) is 0 Å². The van der Waals surface area contributed by atoms with Crippen LogP contribution in [0.15, 0.2) is 48.5 Å². The second kappa shape index (κ2) is 6.90. The number of nitrogens with zero attached hydrogens (tertiary/aromatic N) is 1. The molecule has 2 rings (SSSR count). The highest BCUT2D eigenvalue weighted by molar-refractivity contribution is 5.97. The van der Waals surface area contributed by atoms with Crippen molar-refractivity contribution >= 4 is 17.3 Å². The van der Waals surface area contributed by atoms with Crippen LogP contribution in [0.2, 0.25) is 0 Å². The van der Waals surface area contributed by atoms with Gasteiger partial charge in [-0.1, -0.05) is 42.0 Å². The molecule has 1 amide bonds. The van der Waals surface area contributed by atoms with E-state index < -0.39 is 0 Å². The van der Waals surface area contributed by atoms with Crippen molar-refractivity contribution in [3.05, 3.63) is 59.7 Å². The summed E-state index contributed by atoms with van der Waals surface area (Å²) >= 11 is 0. The minimum absolute atomic E-state index is 0.0763. The van der Waals surface area contributed by atoms with Crippen LogP contribution in [0.25, 0.3) is 0 Å². The van der Waals surface area contributed by atoms with E-state index >= 15 is 0 Å². The van der Waals surface area contributed by atoms with E-state index in [0.29, 0.717) is 11.4 Å². The van der Waals surface area contributed by atoms with Crippen LogP contribution in [-0.4, -0.2) is 24.2 Å². The van der Waals surface area contributed by atoms with Crippen molar-refractivity contribution in [1.29, 1.82) is 0 Å². The number of rotatable bonds is 5. The molecule has 0 aliphatic carbocycles. The quantitative estimate of drug-likeness (QED) is 0.827. The van der Waals surface area contributed by atoms with Gasteiger partial charge >= 0.3 is 0 Å². The van der Waals surface area contributed by atoms with E-state index in [2.05, 4.69) is 0 Å². The summed E-state index contributed by atoms with van der Waals surface area (Å²) < 4.78 is 0. The third-order valence-electron chi connectivity index (χ3n) is 3.29. The number of para-hydroxylation sites is 2. The minimum atomic E-state index is -0.103. The van der Waals surface area contributed by atoms with E-state index in [1.165, 1.54) is 4.90 Å². The Morgan fingerprint density at radius 1 is 1.19 bits per heavy atom. The lowest BCUT2D eigenvalue weighted by atomic mass is 10.1. The predicted octanol–water partition coefficient (Wildman–Crippen LogP) is 2.15. The Morgan fingerprint density at radius 3 is 2.62 bits per heavy atom. The van der Waals surface area contributed by atoms with E-state index in [4.69, 9.17) is 5.73 Å². The Labute approximate surface area is 124 Å². The highest BCUT2D eigenvalue weighted by atomic mass is 16.3. The summed E-state index contributed by atoms with van der Waals surface area (Å²) in [4.78, 5) is 14.1. The molecule has 0 fully saturated rings. The molecular weight excluding hydrogens is 264 g/mol. The maximum Gasteiger partial charge on any atom is 0.231 e. The summed E-state index contributed by atoms with van der Waals surface area (Å²) in [5.74, 6) is -0.0763. The van der Waals surface area contributed by atoms with Gasteiger partial charge < -0.3 is 15.7 Å². The maximum atomic E-state index is 12.5. The monoisotopic (exact) mass is 284 g/mol. The standard InChI is InChI=1S/C17H20N2O2/c1-13-5-4-6-14(11-13)12-17(21)19(9-10-20)16-8-3-2-7-15(16)18/h2-8,11,20H,9-10,12,18H2,1H3. The number of nitrogen functional groups attached to an aromatic ring is 1. The highest BCUT2D eigenvalue weighted by Crippen LogP contribution is 2.23. The van der Waals surface area contributed by atoms with Crippen LogP contribution in [0, 0.1) is 6.92 Å². The van der Waals surface area contributed by atoms with Gasteiger partial charge in [0.25, 0.3) is 0 Å². The van der Waals surface area contributed by atoms with Crippen molar-refractivity contribution in [2.75, 3.05) is 23.8 Å². The third-order valence-corrected chi connectivity index (χ3v) is 3.29. The Morgan fingerprint density at radius 2 is 1.95 bits per heavy atom. The molecule has 2 aromatic rings. The molecule has 0 atom stereocenters. The van der Waals surface area contributed by atoms with E-state index in [1.807, 2.05) is 43.3 Å². The van der Waals surface area contributed by atoms with Crippen molar-refractivity contribution in [2.24, 2.45) is 0 Å². The Bertz CT molecular complexity index is 626. The summed E-state index contributed by atoms with van der Waals surface area (Å²) in [6.45, 7) is 2.13. The SMILES string of the molecule is Cc1cccc(CC(=O)N(CCO)c2ccccc2N)c1. The highest BCUT2D eigenvalue weighted by Gasteiger charge is 2.17. The van der Waals surface area contributed by atoms with Gasteiger partial charge in [0.15, 0.2) is 0 Å². The van der Waals surface area contributed by atoms with E-state index in [9.17, 15) is 9.90 Å². The topological polar surface area (TPSA) is 66.6 Å². The number of amides is 1. The van der Waals surface area contributed by atoms with Gasteiger partial charge in [-0.05, 0) is 24.6 Å². The number of nitrogens with two attached hydrogens (primary N) is 1. The van der Waals surface area contributed by atoms with Gasteiger partial charge in [0.1, 0.15) is 0 Å². The van der Waals surface area contributed by atoms with Crippen LogP contribution in [-0.2, 0) is 11.2 Å². The molecule has 0 saturated heterocycles. The molecule has 4 nitrogen and oxygen atoms in total. The first-order valence-electron chi connectivity index (χ1n) is 6.93. The van der Waals surface area contributed by atoms with Crippen LogP contribution in [0.3, 0.4) is 0 Å². The number of benzene rings is 2. The van der Waals surface area contributed by atoms with Gasteiger partial charge in [-0.25, -0.2) is 0 Å². The number of aryl methyl sites for hydroxylation is 1. The number of carbonyl (C=O) groups is 1. The molecule has 0 radical (unpaired) electrons. The van der Waals surface area contributed by atoms with Crippen LogP contribution >= 0.6 is 0 Å². The average Bonchev–Trinajstić information content (AvgIpc) is 2.45. The van der Waals surface area contributed by atoms with Crippen LogP contribution in [0.5, 0.6) is 0 Å². The fraction of sp³-hybridized carbons (Fsp3) is 0.235. The Kier molecular flexibility index (Phi) is 4.95. The number of carbonyl (C=O) groups excluding carboxylic acids is 1. The fourth-order valence-corrected chi connectivity index (χ4v) is 2.30. The molecule has 0 aliphatic heterocycles. The van der Waals surface area contributed by atoms with Crippen molar-refractivity contribution in [2.45, 2.75) is 13.3 Å². The van der Waals surface area contributed by atoms with Gasteiger partial charge in [0, 0.05) is 6.54 Å². The molecule has 3 N–H and O–H groups in total. The van der Waals surface area contributed by atoms with Gasteiger partial charge in [-0.2, -0.15) is 0 Å². The molecule has 0 bridgehead atoms. The molecule has 110 valence electrons. The molecule has 4 heteroatoms. The second-order valence-corrected chi connectivity index (χ2v) is 4.99. The van der Waals surface area contributed by atoms with E-state index in [-0.39, 0.29) is 25.5 Å². The number of aliphatic hydroxyl groups excluding tert-OH is 1. The predicted molar refractivity (Wildman–Crippen MR) is 85.2 cm³/mol. The van der Waals surface area contributed by atoms with Crippen LogP contribution in [0.1, 0.15) is 11.1 Å². The largest absolute Gasteiger partial charge is 0.397 e. The van der Waals surface area contributed by atoms with Crippen molar-refractivity contribution in [1.82, 2.24) is 0 Å². The normalized spacial score (nSPS) is 10.4. The van der Waals surface area contributed by atoms with Gasteiger partial charge in [0.2, 0.25) is 5.91 Å². The lowest BCUT2D eigenvalue weighted by molar-refractivity contribution is -0.118. The molecule has 21 heavy (non-hydrogen) atoms. The fourth-order valence-electron chi connectivity index (χ4n) is 2.30. The first-order chi connectivity index (χ1) is 10.1. The lowest BCUT2D eigenvalue weighted by Crippen LogP contribution is -2.35. The summed E-state index contributed by atoms with van der Waals surface area (Å²) in [5, 5.41) is 9.21. The van der Waals surface area contributed by atoms with Gasteiger partial charge in [-0.3, -0.25) is 4.79 Å². The number of anilines is 2. The zero-order valence-corrected chi connectivity index (χ0v) is 12.1. The van der Waals surface area contributed by atoms with Crippen LogP contribution in [0.4, 0.5) is 11.4 Å². The van der Waals surface area contributed by atoms with Crippen LogP contribution < -0.4 is 10.6 Å². The summed E-state index contributed by atoms with van der Waals surface area (Å²) in [5.41, 5.74) is 9.18. The number of aliphatic hydroxyl groups is 1. The summed E-state index contributed by atoms with van der Waals surface area (Å²) in [7, 11) is 0. The first-order valence-corrected chi connectivity index (χ1v) is 6.93. The lowest BCUT2D eigenvalue weighted by Gasteiger charge is -2.23. The summed E-state index contributed by atoms with van der Waals surface area (Å²) in [6.07, 6.45) is 0.288. The van der Waals surface area contributed by atoms with E-state index in [0.717, 1.165) is 11.1 Å². The Balaban J connectivity index is 2.22. The molecule has 0 aromatic heterocycles. The summed E-state index contributed by atoms with van der Waals surface area (Å²) in [6, 6.07) is 15.0. The Hall–Kier alpha value is -2.33.